The molecule has 2 aromatic rings. The molecule has 0 spiro atoms. The molecule has 0 bridgehead atoms. The van der Waals surface area contributed by atoms with E-state index in [0.717, 1.165) is 31.2 Å². The Balaban J connectivity index is 1.72. The van der Waals surface area contributed by atoms with Crippen LogP contribution in [0.5, 0.6) is 0 Å². The van der Waals surface area contributed by atoms with Gasteiger partial charge in [0.15, 0.2) is 0 Å². The lowest BCUT2D eigenvalue weighted by Gasteiger charge is -2.51. The van der Waals surface area contributed by atoms with Gasteiger partial charge < -0.3 is 5.32 Å². The van der Waals surface area contributed by atoms with Crippen molar-refractivity contribution in [3.63, 3.8) is 0 Å². The van der Waals surface area contributed by atoms with Gasteiger partial charge in [-0.1, -0.05) is 43.2 Å². The Morgan fingerprint density at radius 3 is 2.43 bits per heavy atom. The van der Waals surface area contributed by atoms with Gasteiger partial charge in [-0.3, -0.25) is 4.79 Å². The predicted octanol–water partition coefficient (Wildman–Crippen LogP) is 4.95. The summed E-state index contributed by atoms with van der Waals surface area (Å²) in [6, 6.07) is 16.0. The monoisotopic (exact) mass is 446 g/mol. The van der Waals surface area contributed by atoms with E-state index in [1.165, 1.54) is 6.92 Å². The van der Waals surface area contributed by atoms with Gasteiger partial charge in [-0.2, -0.15) is 4.31 Å². The Hall–Kier alpha value is -1.89. The zero-order valence-corrected chi connectivity index (χ0v) is 18.6. The van der Waals surface area contributed by atoms with Crippen LogP contribution < -0.4 is 5.32 Å². The second kappa shape index (κ2) is 8.33. The Bertz CT molecular complexity index is 1010. The summed E-state index contributed by atoms with van der Waals surface area (Å²) in [5.41, 5.74) is 1.57. The number of carbonyl (C=O) groups is 1. The number of sulfonamides is 1. The van der Waals surface area contributed by atoms with Crippen molar-refractivity contribution in [3.8, 4) is 0 Å². The van der Waals surface area contributed by atoms with E-state index >= 15 is 0 Å². The molecule has 1 N–H and O–H groups in total. The van der Waals surface area contributed by atoms with E-state index in [1.807, 2.05) is 30.3 Å². The average Bonchev–Trinajstić information content (AvgIpc) is 2.73. The van der Waals surface area contributed by atoms with Gasteiger partial charge in [-0.05, 0) is 55.0 Å². The van der Waals surface area contributed by atoms with Gasteiger partial charge in [-0.25, -0.2) is 8.42 Å². The first-order valence-electron chi connectivity index (χ1n) is 10.4. The molecule has 1 aliphatic heterocycles. The number of rotatable bonds is 4. The summed E-state index contributed by atoms with van der Waals surface area (Å²) in [5, 5.41) is 2.67. The zero-order valence-electron chi connectivity index (χ0n) is 17.1. The summed E-state index contributed by atoms with van der Waals surface area (Å²) in [7, 11) is -3.72. The van der Waals surface area contributed by atoms with Crippen LogP contribution in [-0.4, -0.2) is 30.0 Å². The number of alkyl halides is 1. The fourth-order valence-electron chi connectivity index (χ4n) is 4.98. The van der Waals surface area contributed by atoms with Crippen LogP contribution in [0.2, 0.25) is 0 Å². The van der Waals surface area contributed by atoms with Crippen molar-refractivity contribution in [2.75, 3.05) is 11.9 Å². The minimum atomic E-state index is -3.72. The molecule has 2 fully saturated rings. The summed E-state index contributed by atoms with van der Waals surface area (Å²) in [6.07, 6.45) is 4.69. The third-order valence-electron chi connectivity index (χ3n) is 6.38. The molecule has 0 radical (unpaired) electrons. The molecule has 4 rings (SSSR count). The van der Waals surface area contributed by atoms with Crippen molar-refractivity contribution >= 4 is 33.2 Å². The first-order valence-corrected chi connectivity index (χ1v) is 12.3. The minimum Gasteiger partial charge on any atom is -0.326 e. The first kappa shape index (κ1) is 21.3. The summed E-state index contributed by atoms with van der Waals surface area (Å²) in [4.78, 5) is 11.1. The minimum absolute atomic E-state index is 0.0810. The van der Waals surface area contributed by atoms with E-state index in [1.54, 1.807) is 28.6 Å². The number of anilines is 1. The van der Waals surface area contributed by atoms with Gasteiger partial charge >= 0.3 is 0 Å². The Morgan fingerprint density at radius 2 is 1.77 bits per heavy atom. The molecule has 1 heterocycles. The van der Waals surface area contributed by atoms with Gasteiger partial charge in [0, 0.05) is 19.2 Å². The van der Waals surface area contributed by atoms with E-state index in [9.17, 15) is 13.2 Å². The van der Waals surface area contributed by atoms with Gasteiger partial charge in [0.1, 0.15) is 0 Å². The van der Waals surface area contributed by atoms with Crippen LogP contribution in [0.3, 0.4) is 0 Å². The number of hydrogen-bond donors (Lipinski definition) is 1. The predicted molar refractivity (Wildman–Crippen MR) is 119 cm³/mol. The lowest BCUT2D eigenvalue weighted by Crippen LogP contribution is -2.53. The van der Waals surface area contributed by atoms with Crippen LogP contribution in [0.1, 0.15) is 50.6 Å². The molecular weight excluding hydrogens is 420 g/mol. The number of nitrogens with one attached hydrogen (secondary N) is 1. The molecule has 5 nitrogen and oxygen atoms in total. The van der Waals surface area contributed by atoms with Gasteiger partial charge in [0.05, 0.1) is 15.8 Å². The highest BCUT2D eigenvalue weighted by Crippen LogP contribution is 2.53. The highest BCUT2D eigenvalue weighted by Gasteiger charge is 2.51. The molecule has 2 aromatic carbocycles. The maximum Gasteiger partial charge on any atom is 0.243 e. The highest BCUT2D eigenvalue weighted by atomic mass is 35.5. The van der Waals surface area contributed by atoms with Crippen LogP contribution in [0.15, 0.2) is 59.5 Å². The topological polar surface area (TPSA) is 66.5 Å². The van der Waals surface area contributed by atoms with Crippen molar-refractivity contribution in [2.24, 2.45) is 5.92 Å². The number of hydrogen-bond acceptors (Lipinski definition) is 3. The summed E-state index contributed by atoms with van der Waals surface area (Å²) >= 11 is 7.09. The van der Waals surface area contributed by atoms with Crippen molar-refractivity contribution in [3.05, 3.63) is 60.2 Å². The molecule has 1 aliphatic carbocycles. The Kier molecular flexibility index (Phi) is 5.93. The van der Waals surface area contributed by atoms with Gasteiger partial charge in [0.25, 0.3) is 0 Å². The van der Waals surface area contributed by atoms with Crippen molar-refractivity contribution in [2.45, 2.75) is 54.8 Å². The molecule has 1 saturated heterocycles. The van der Waals surface area contributed by atoms with Crippen molar-refractivity contribution < 1.29 is 13.2 Å². The Labute approximate surface area is 183 Å². The van der Waals surface area contributed by atoms with Crippen molar-refractivity contribution in [1.29, 1.82) is 0 Å². The quantitative estimate of drug-likeness (QED) is 0.676. The summed E-state index contributed by atoms with van der Waals surface area (Å²) < 4.78 is 29.0. The van der Waals surface area contributed by atoms with Crippen LogP contribution in [0, 0.1) is 5.92 Å². The third-order valence-corrected chi connectivity index (χ3v) is 8.94. The highest BCUT2D eigenvalue weighted by molar-refractivity contribution is 7.89. The standard InChI is InChI=1S/C23H27ClN2O3S/c1-17(27)25-19-10-12-20(13-11-19)30(28,29)26-16-15-23(24)14-6-5-9-21(23)22(26)18-7-3-2-4-8-18/h2-4,7-8,10-13,21-22H,5-6,9,14-16H2,1H3,(H,25,27)/t21-,22-,23-/m0/s1. The van der Waals surface area contributed by atoms with Crippen molar-refractivity contribution in [1.82, 2.24) is 4.31 Å². The molecule has 0 aromatic heterocycles. The summed E-state index contributed by atoms with van der Waals surface area (Å²) in [6.45, 7) is 1.82. The van der Waals surface area contributed by atoms with E-state index in [-0.39, 0.29) is 27.6 Å². The summed E-state index contributed by atoms with van der Waals surface area (Å²) in [5.74, 6) is -0.112. The van der Waals surface area contributed by atoms with Crippen LogP contribution >= 0.6 is 11.6 Å². The molecule has 2 aliphatic rings. The number of carbonyl (C=O) groups excluding carboxylic acids is 1. The second-order valence-corrected chi connectivity index (χ2v) is 11.0. The maximum atomic E-state index is 13.7. The van der Waals surface area contributed by atoms with Gasteiger partial charge in [0.2, 0.25) is 15.9 Å². The Morgan fingerprint density at radius 1 is 1.07 bits per heavy atom. The molecule has 7 heteroatoms. The fraction of sp³-hybridized carbons (Fsp3) is 0.435. The molecular formula is C23H27ClN2O3S. The number of amides is 1. The van der Waals surface area contributed by atoms with E-state index in [4.69, 9.17) is 11.6 Å². The molecule has 30 heavy (non-hydrogen) atoms. The van der Waals surface area contributed by atoms with Crippen LogP contribution in [0.4, 0.5) is 5.69 Å². The third kappa shape index (κ3) is 4.01. The fourth-order valence-corrected chi connectivity index (χ4v) is 7.08. The molecule has 1 saturated carbocycles. The zero-order chi connectivity index (χ0) is 21.4. The number of halogens is 1. The number of piperidine rings is 1. The maximum absolute atomic E-state index is 13.7. The lowest BCUT2D eigenvalue weighted by molar-refractivity contribution is -0.114. The first-order chi connectivity index (χ1) is 14.3. The molecule has 0 unspecified atom stereocenters. The van der Waals surface area contributed by atoms with Crippen LogP contribution in [0.25, 0.3) is 0 Å². The lowest BCUT2D eigenvalue weighted by atomic mass is 9.69. The largest absolute Gasteiger partial charge is 0.326 e. The smallest absolute Gasteiger partial charge is 0.243 e. The number of benzene rings is 2. The average molecular weight is 447 g/mol. The van der Waals surface area contributed by atoms with E-state index < -0.39 is 10.0 Å². The van der Waals surface area contributed by atoms with E-state index in [0.29, 0.717) is 18.7 Å². The van der Waals surface area contributed by atoms with Crippen LogP contribution in [-0.2, 0) is 14.8 Å². The molecule has 1 amide bonds. The molecule has 160 valence electrons. The second-order valence-electron chi connectivity index (χ2n) is 8.31. The normalized spacial score (nSPS) is 27.3. The van der Waals surface area contributed by atoms with E-state index in [2.05, 4.69) is 5.32 Å². The number of fused-ring (bicyclic) bond motifs is 1. The van der Waals surface area contributed by atoms with Gasteiger partial charge in [-0.15, -0.1) is 11.6 Å². The SMILES string of the molecule is CC(=O)Nc1ccc(S(=O)(=O)N2CC[C@@]3(Cl)CCCC[C@H]3[C@@H]2c2ccccc2)cc1. The molecule has 3 atom stereocenters. The number of nitrogens with zero attached hydrogens (tertiary/aromatic N) is 1.